The molecule has 1 atom stereocenters. The fraction of sp³-hybridized carbons (Fsp3) is 0.600. The summed E-state index contributed by atoms with van der Waals surface area (Å²) in [6, 6.07) is 6.52. The molecule has 0 heterocycles. The fourth-order valence-electron chi connectivity index (χ4n) is 2.34. The Labute approximate surface area is 104 Å². The van der Waals surface area contributed by atoms with Crippen LogP contribution in [0.2, 0.25) is 0 Å². The zero-order valence-corrected chi connectivity index (χ0v) is 10.8. The standard InChI is InChI=1S/C15H23FO/c1-3-6-13(7-4-2)15(17)11-12-8-5-9-14(16)10-12/h5,8-10,13,15,17H,3-4,6-7,11H2,1-2H3. The van der Waals surface area contributed by atoms with Crippen LogP contribution in [0.5, 0.6) is 0 Å². The maximum atomic E-state index is 13.0. The van der Waals surface area contributed by atoms with Crippen molar-refractivity contribution >= 4 is 0 Å². The van der Waals surface area contributed by atoms with Crippen LogP contribution in [0.15, 0.2) is 24.3 Å². The van der Waals surface area contributed by atoms with Gasteiger partial charge in [-0.25, -0.2) is 4.39 Å². The van der Waals surface area contributed by atoms with Crippen molar-refractivity contribution in [2.24, 2.45) is 5.92 Å². The van der Waals surface area contributed by atoms with Gasteiger partial charge in [0.25, 0.3) is 0 Å². The lowest BCUT2D eigenvalue weighted by atomic mass is 9.89. The van der Waals surface area contributed by atoms with Crippen LogP contribution in [0.3, 0.4) is 0 Å². The topological polar surface area (TPSA) is 20.2 Å². The van der Waals surface area contributed by atoms with Crippen molar-refractivity contribution in [1.82, 2.24) is 0 Å². The van der Waals surface area contributed by atoms with Crippen LogP contribution < -0.4 is 0 Å². The molecular weight excluding hydrogens is 215 g/mol. The van der Waals surface area contributed by atoms with Gasteiger partial charge in [-0.3, -0.25) is 0 Å². The maximum Gasteiger partial charge on any atom is 0.123 e. The Morgan fingerprint density at radius 1 is 1.18 bits per heavy atom. The Morgan fingerprint density at radius 3 is 2.35 bits per heavy atom. The van der Waals surface area contributed by atoms with Crippen LogP contribution in [-0.2, 0) is 6.42 Å². The van der Waals surface area contributed by atoms with Crippen molar-refractivity contribution in [2.75, 3.05) is 0 Å². The molecule has 1 aromatic carbocycles. The molecule has 0 spiro atoms. The minimum Gasteiger partial charge on any atom is -0.392 e. The molecule has 1 aromatic rings. The fourth-order valence-corrected chi connectivity index (χ4v) is 2.34. The first kappa shape index (κ1) is 14.2. The average Bonchev–Trinajstić information content (AvgIpc) is 2.28. The molecule has 0 aliphatic heterocycles. The molecular formula is C15H23FO. The molecule has 0 saturated carbocycles. The minimum atomic E-state index is -0.350. The summed E-state index contributed by atoms with van der Waals surface area (Å²) in [7, 11) is 0. The van der Waals surface area contributed by atoms with E-state index in [4.69, 9.17) is 0 Å². The van der Waals surface area contributed by atoms with Crippen LogP contribution in [0.4, 0.5) is 4.39 Å². The summed E-state index contributed by atoms with van der Waals surface area (Å²) >= 11 is 0. The van der Waals surface area contributed by atoms with Gasteiger partial charge in [0.1, 0.15) is 5.82 Å². The largest absolute Gasteiger partial charge is 0.392 e. The third kappa shape index (κ3) is 4.86. The van der Waals surface area contributed by atoms with E-state index in [1.807, 2.05) is 6.07 Å². The molecule has 96 valence electrons. The van der Waals surface area contributed by atoms with Gasteiger partial charge in [-0.1, -0.05) is 38.8 Å². The zero-order chi connectivity index (χ0) is 12.7. The summed E-state index contributed by atoms with van der Waals surface area (Å²) < 4.78 is 13.0. The van der Waals surface area contributed by atoms with Gasteiger partial charge in [0, 0.05) is 0 Å². The molecule has 1 nitrogen and oxygen atoms in total. The van der Waals surface area contributed by atoms with Gasteiger partial charge in [0.05, 0.1) is 6.10 Å². The SMILES string of the molecule is CCCC(CCC)C(O)Cc1cccc(F)c1. The van der Waals surface area contributed by atoms with Crippen LogP contribution in [0, 0.1) is 11.7 Å². The van der Waals surface area contributed by atoms with Crippen LogP contribution in [-0.4, -0.2) is 11.2 Å². The van der Waals surface area contributed by atoms with Crippen molar-refractivity contribution < 1.29 is 9.50 Å². The third-order valence-electron chi connectivity index (χ3n) is 3.20. The first-order valence-corrected chi connectivity index (χ1v) is 6.59. The van der Waals surface area contributed by atoms with Crippen molar-refractivity contribution in [3.63, 3.8) is 0 Å². The second kappa shape index (κ2) is 7.44. The van der Waals surface area contributed by atoms with Gasteiger partial charge in [0.2, 0.25) is 0 Å². The Morgan fingerprint density at radius 2 is 1.82 bits per heavy atom. The van der Waals surface area contributed by atoms with E-state index in [9.17, 15) is 9.50 Å². The molecule has 1 unspecified atom stereocenters. The van der Waals surface area contributed by atoms with Crippen molar-refractivity contribution in [1.29, 1.82) is 0 Å². The predicted octanol–water partition coefficient (Wildman–Crippen LogP) is 3.95. The monoisotopic (exact) mass is 238 g/mol. The maximum absolute atomic E-state index is 13.0. The normalized spacial score (nSPS) is 13.0. The van der Waals surface area contributed by atoms with E-state index in [0.717, 1.165) is 31.2 Å². The molecule has 1 rings (SSSR count). The van der Waals surface area contributed by atoms with Gasteiger partial charge >= 0.3 is 0 Å². The highest BCUT2D eigenvalue weighted by atomic mass is 19.1. The Kier molecular flexibility index (Phi) is 6.20. The number of rotatable bonds is 7. The average molecular weight is 238 g/mol. The van der Waals surface area contributed by atoms with E-state index < -0.39 is 0 Å². The van der Waals surface area contributed by atoms with E-state index in [-0.39, 0.29) is 11.9 Å². The third-order valence-corrected chi connectivity index (χ3v) is 3.20. The van der Waals surface area contributed by atoms with E-state index >= 15 is 0 Å². The second-order valence-electron chi connectivity index (χ2n) is 4.74. The lowest BCUT2D eigenvalue weighted by Gasteiger charge is -2.22. The first-order chi connectivity index (χ1) is 8.17. The Balaban J connectivity index is 2.59. The van der Waals surface area contributed by atoms with E-state index in [1.165, 1.54) is 12.1 Å². The number of hydrogen-bond acceptors (Lipinski definition) is 1. The predicted molar refractivity (Wildman–Crippen MR) is 69.4 cm³/mol. The minimum absolute atomic E-state index is 0.225. The molecule has 0 radical (unpaired) electrons. The zero-order valence-electron chi connectivity index (χ0n) is 10.8. The highest BCUT2D eigenvalue weighted by Gasteiger charge is 2.17. The van der Waals surface area contributed by atoms with Crippen LogP contribution in [0.25, 0.3) is 0 Å². The quantitative estimate of drug-likeness (QED) is 0.762. The summed E-state index contributed by atoms with van der Waals surface area (Å²) in [5.74, 6) is 0.116. The van der Waals surface area contributed by atoms with Gasteiger partial charge in [-0.05, 0) is 42.9 Å². The molecule has 0 saturated heterocycles. The molecule has 17 heavy (non-hydrogen) atoms. The molecule has 1 N–H and O–H groups in total. The van der Waals surface area contributed by atoms with Gasteiger partial charge in [0.15, 0.2) is 0 Å². The molecule has 0 aromatic heterocycles. The molecule has 0 amide bonds. The highest BCUT2D eigenvalue weighted by Crippen LogP contribution is 2.21. The summed E-state index contributed by atoms with van der Waals surface area (Å²) in [6.45, 7) is 4.27. The summed E-state index contributed by atoms with van der Waals surface area (Å²) in [5.41, 5.74) is 0.884. The Hall–Kier alpha value is -0.890. The van der Waals surface area contributed by atoms with Gasteiger partial charge in [-0.15, -0.1) is 0 Å². The number of aliphatic hydroxyl groups excluding tert-OH is 1. The number of benzene rings is 1. The lowest BCUT2D eigenvalue weighted by molar-refractivity contribution is 0.0963. The number of aliphatic hydroxyl groups is 1. The Bertz CT molecular complexity index is 318. The smallest absolute Gasteiger partial charge is 0.123 e. The molecule has 0 fully saturated rings. The molecule has 0 aliphatic carbocycles. The van der Waals surface area contributed by atoms with Crippen molar-refractivity contribution in [3.8, 4) is 0 Å². The number of halogens is 1. The second-order valence-corrected chi connectivity index (χ2v) is 4.74. The van der Waals surface area contributed by atoms with Crippen LogP contribution in [0.1, 0.15) is 45.1 Å². The summed E-state index contributed by atoms with van der Waals surface area (Å²) in [6.07, 6.45) is 4.48. The van der Waals surface area contributed by atoms with Crippen molar-refractivity contribution in [3.05, 3.63) is 35.6 Å². The summed E-state index contributed by atoms with van der Waals surface area (Å²) in [4.78, 5) is 0. The molecule has 2 heteroatoms. The van der Waals surface area contributed by atoms with E-state index in [1.54, 1.807) is 6.07 Å². The molecule has 0 bridgehead atoms. The van der Waals surface area contributed by atoms with E-state index in [2.05, 4.69) is 13.8 Å². The first-order valence-electron chi connectivity index (χ1n) is 6.59. The summed E-state index contributed by atoms with van der Waals surface area (Å²) in [5, 5.41) is 10.2. The number of hydrogen-bond donors (Lipinski definition) is 1. The van der Waals surface area contributed by atoms with Gasteiger partial charge < -0.3 is 5.11 Å². The highest BCUT2D eigenvalue weighted by molar-refractivity contribution is 5.17. The molecule has 0 aliphatic rings. The lowest BCUT2D eigenvalue weighted by Crippen LogP contribution is -2.22. The van der Waals surface area contributed by atoms with E-state index in [0.29, 0.717) is 12.3 Å². The van der Waals surface area contributed by atoms with Gasteiger partial charge in [-0.2, -0.15) is 0 Å². The van der Waals surface area contributed by atoms with Crippen LogP contribution >= 0.6 is 0 Å². The van der Waals surface area contributed by atoms with Crippen molar-refractivity contribution in [2.45, 2.75) is 52.1 Å².